The van der Waals surface area contributed by atoms with Crippen molar-refractivity contribution in [2.45, 2.75) is 18.8 Å². The molecule has 1 fully saturated rings. The Morgan fingerprint density at radius 2 is 2.10 bits per heavy atom. The lowest BCUT2D eigenvalue weighted by Gasteiger charge is -2.03. The average Bonchev–Trinajstić information content (AvgIpc) is 3.22. The molecular weight excluding hydrogens is 278 g/mol. The van der Waals surface area contributed by atoms with Crippen LogP contribution in [0.1, 0.15) is 24.5 Å². The molecule has 100 valence electrons. The number of hydrogen-bond donors (Lipinski definition) is 1. The normalized spacial score (nSPS) is 14.8. The van der Waals surface area contributed by atoms with Crippen LogP contribution in [0, 0.1) is 0 Å². The molecule has 1 aliphatic rings. The van der Waals surface area contributed by atoms with Crippen molar-refractivity contribution in [2.24, 2.45) is 0 Å². The number of rotatable bonds is 2. The lowest BCUT2D eigenvalue weighted by molar-refractivity contribution is 0.556. The van der Waals surface area contributed by atoms with Gasteiger partial charge in [0, 0.05) is 17.7 Å². The van der Waals surface area contributed by atoms with E-state index in [1.54, 1.807) is 24.5 Å². The Kier molecular flexibility index (Phi) is 2.44. The number of aromatic nitrogens is 3. The monoisotopic (exact) mass is 287 g/mol. The highest BCUT2D eigenvalue weighted by atomic mass is 35.5. The van der Waals surface area contributed by atoms with Crippen molar-refractivity contribution in [3.8, 4) is 11.3 Å². The standard InChI is InChI=1S/C14H10ClN3O2/c15-9-4-3-8(13-12(9)18-14(19)20-13)11-6-16-10(5-17-11)7-1-2-7/h3-7H,1-2H2,(H,18,19). The number of halogens is 1. The summed E-state index contributed by atoms with van der Waals surface area (Å²) < 4.78 is 5.16. The highest BCUT2D eigenvalue weighted by Crippen LogP contribution is 2.39. The highest BCUT2D eigenvalue weighted by molar-refractivity contribution is 6.35. The minimum Gasteiger partial charge on any atom is -0.407 e. The molecule has 1 saturated carbocycles. The maximum absolute atomic E-state index is 11.4. The van der Waals surface area contributed by atoms with Crippen LogP contribution in [0.25, 0.3) is 22.4 Å². The zero-order valence-corrected chi connectivity index (χ0v) is 11.1. The van der Waals surface area contributed by atoms with Gasteiger partial charge in [-0.15, -0.1) is 0 Å². The lowest BCUT2D eigenvalue weighted by Crippen LogP contribution is -1.93. The highest BCUT2D eigenvalue weighted by Gasteiger charge is 2.25. The maximum Gasteiger partial charge on any atom is 0.417 e. The van der Waals surface area contributed by atoms with Gasteiger partial charge in [-0.1, -0.05) is 11.6 Å². The molecular formula is C14H10ClN3O2. The van der Waals surface area contributed by atoms with E-state index in [1.165, 1.54) is 12.8 Å². The van der Waals surface area contributed by atoms with Gasteiger partial charge >= 0.3 is 5.76 Å². The molecule has 1 N–H and O–H groups in total. The van der Waals surface area contributed by atoms with Crippen LogP contribution >= 0.6 is 11.6 Å². The first-order valence-electron chi connectivity index (χ1n) is 6.36. The Labute approximate surface area is 118 Å². The topological polar surface area (TPSA) is 71.8 Å². The van der Waals surface area contributed by atoms with E-state index in [0.717, 1.165) is 5.69 Å². The second kappa shape index (κ2) is 4.18. The third-order valence-electron chi connectivity index (χ3n) is 3.47. The summed E-state index contributed by atoms with van der Waals surface area (Å²) in [5, 5.41) is 0.442. The van der Waals surface area contributed by atoms with Crippen molar-refractivity contribution in [1.82, 2.24) is 15.0 Å². The fourth-order valence-electron chi connectivity index (χ4n) is 2.27. The van der Waals surface area contributed by atoms with Crippen molar-refractivity contribution in [1.29, 1.82) is 0 Å². The summed E-state index contributed by atoms with van der Waals surface area (Å²) in [5.74, 6) is 0.0314. The Morgan fingerprint density at radius 3 is 2.80 bits per heavy atom. The van der Waals surface area contributed by atoms with E-state index in [0.29, 0.717) is 33.3 Å². The van der Waals surface area contributed by atoms with E-state index < -0.39 is 5.76 Å². The molecule has 20 heavy (non-hydrogen) atoms. The zero-order chi connectivity index (χ0) is 13.7. The van der Waals surface area contributed by atoms with Gasteiger partial charge < -0.3 is 4.42 Å². The molecule has 0 saturated heterocycles. The van der Waals surface area contributed by atoms with Gasteiger partial charge in [-0.3, -0.25) is 15.0 Å². The summed E-state index contributed by atoms with van der Waals surface area (Å²) in [6, 6.07) is 3.49. The molecule has 1 aromatic carbocycles. The predicted molar refractivity (Wildman–Crippen MR) is 74.8 cm³/mol. The first kappa shape index (κ1) is 11.7. The van der Waals surface area contributed by atoms with E-state index in [-0.39, 0.29) is 0 Å². The average molecular weight is 288 g/mol. The van der Waals surface area contributed by atoms with Crippen LogP contribution in [-0.2, 0) is 0 Å². The Morgan fingerprint density at radius 1 is 1.25 bits per heavy atom. The third-order valence-corrected chi connectivity index (χ3v) is 3.79. The second-order valence-electron chi connectivity index (χ2n) is 4.91. The molecule has 0 aliphatic heterocycles. The molecule has 0 amide bonds. The number of benzene rings is 1. The molecule has 4 rings (SSSR count). The van der Waals surface area contributed by atoms with Crippen molar-refractivity contribution in [3.05, 3.63) is 45.8 Å². The maximum atomic E-state index is 11.4. The summed E-state index contributed by atoms with van der Waals surface area (Å²) in [7, 11) is 0. The fraction of sp³-hybridized carbons (Fsp3) is 0.214. The SMILES string of the molecule is O=c1[nH]c2c(Cl)ccc(-c3cnc(C4CC4)cn3)c2o1. The van der Waals surface area contributed by atoms with E-state index >= 15 is 0 Å². The minimum atomic E-state index is -0.531. The van der Waals surface area contributed by atoms with E-state index in [9.17, 15) is 4.79 Å². The first-order chi connectivity index (χ1) is 9.72. The molecule has 0 radical (unpaired) electrons. The van der Waals surface area contributed by atoms with Gasteiger partial charge in [-0.05, 0) is 25.0 Å². The Bertz CT molecular complexity index is 847. The van der Waals surface area contributed by atoms with Gasteiger partial charge in [0.15, 0.2) is 5.58 Å². The summed E-state index contributed by atoms with van der Waals surface area (Å²) in [5.41, 5.74) is 3.30. The number of nitrogens with zero attached hydrogens (tertiary/aromatic N) is 2. The van der Waals surface area contributed by atoms with Crippen LogP contribution in [0.2, 0.25) is 5.02 Å². The molecule has 5 nitrogen and oxygen atoms in total. The number of fused-ring (bicyclic) bond motifs is 1. The van der Waals surface area contributed by atoms with Crippen molar-refractivity contribution < 1.29 is 4.42 Å². The molecule has 2 heterocycles. The number of nitrogens with one attached hydrogen (secondary N) is 1. The zero-order valence-electron chi connectivity index (χ0n) is 10.4. The Balaban J connectivity index is 1.88. The summed E-state index contributed by atoms with van der Waals surface area (Å²) in [6.07, 6.45) is 5.87. The van der Waals surface area contributed by atoms with Crippen LogP contribution in [0.15, 0.2) is 33.7 Å². The molecule has 6 heteroatoms. The smallest absolute Gasteiger partial charge is 0.407 e. The van der Waals surface area contributed by atoms with Gasteiger partial charge in [0.25, 0.3) is 0 Å². The van der Waals surface area contributed by atoms with Crippen molar-refractivity contribution in [3.63, 3.8) is 0 Å². The largest absolute Gasteiger partial charge is 0.417 e. The summed E-state index contributed by atoms with van der Waals surface area (Å²) >= 11 is 6.04. The molecule has 3 aromatic rings. The van der Waals surface area contributed by atoms with Gasteiger partial charge in [0.1, 0.15) is 5.52 Å². The molecule has 0 bridgehead atoms. The predicted octanol–water partition coefficient (Wildman–Crippen LogP) is 3.11. The van der Waals surface area contributed by atoms with Crippen LogP contribution < -0.4 is 5.76 Å². The van der Waals surface area contributed by atoms with Crippen LogP contribution in [0.5, 0.6) is 0 Å². The van der Waals surface area contributed by atoms with Crippen molar-refractivity contribution >= 4 is 22.7 Å². The summed E-state index contributed by atoms with van der Waals surface area (Å²) in [4.78, 5) is 22.8. The number of oxazole rings is 1. The third kappa shape index (κ3) is 1.82. The summed E-state index contributed by atoms with van der Waals surface area (Å²) in [6.45, 7) is 0. The van der Waals surface area contributed by atoms with Crippen LogP contribution in [0.3, 0.4) is 0 Å². The molecule has 0 unspecified atom stereocenters. The van der Waals surface area contributed by atoms with E-state index in [2.05, 4.69) is 15.0 Å². The fourth-order valence-corrected chi connectivity index (χ4v) is 2.47. The molecule has 0 spiro atoms. The Hall–Kier alpha value is -2.14. The number of aromatic amines is 1. The van der Waals surface area contributed by atoms with Crippen LogP contribution in [-0.4, -0.2) is 15.0 Å². The van der Waals surface area contributed by atoms with E-state index in [1.807, 2.05) is 0 Å². The quantitative estimate of drug-likeness (QED) is 0.786. The number of H-pyrrole nitrogens is 1. The second-order valence-corrected chi connectivity index (χ2v) is 5.32. The van der Waals surface area contributed by atoms with Crippen molar-refractivity contribution in [2.75, 3.05) is 0 Å². The lowest BCUT2D eigenvalue weighted by atomic mass is 10.1. The van der Waals surface area contributed by atoms with Gasteiger partial charge in [-0.2, -0.15) is 0 Å². The van der Waals surface area contributed by atoms with Gasteiger partial charge in [0.2, 0.25) is 0 Å². The van der Waals surface area contributed by atoms with E-state index in [4.69, 9.17) is 16.0 Å². The minimum absolute atomic E-state index is 0.413. The van der Waals surface area contributed by atoms with Gasteiger partial charge in [-0.25, -0.2) is 4.79 Å². The van der Waals surface area contributed by atoms with Gasteiger partial charge in [0.05, 0.1) is 22.6 Å². The van der Waals surface area contributed by atoms with Crippen LogP contribution in [0.4, 0.5) is 0 Å². The first-order valence-corrected chi connectivity index (χ1v) is 6.74. The molecule has 0 atom stereocenters. The molecule has 2 aromatic heterocycles. The number of hydrogen-bond acceptors (Lipinski definition) is 4. The molecule has 1 aliphatic carbocycles.